The minimum atomic E-state index is -0.582. The molecule has 0 aromatic heterocycles. The van der Waals surface area contributed by atoms with Crippen LogP contribution in [-0.4, -0.2) is 35.1 Å². The summed E-state index contributed by atoms with van der Waals surface area (Å²) in [5, 5.41) is 10.7. The molecule has 21 heavy (non-hydrogen) atoms. The lowest BCUT2D eigenvalue weighted by Gasteiger charge is -2.26. The van der Waals surface area contributed by atoms with Crippen LogP contribution in [-0.2, 0) is 4.74 Å². The quantitative estimate of drug-likeness (QED) is 0.679. The first-order valence-corrected chi connectivity index (χ1v) is 6.54. The fraction of sp³-hybridized carbons (Fsp3) is 0.500. The van der Waals surface area contributed by atoms with Gasteiger partial charge in [0.1, 0.15) is 5.60 Å². The number of carbonyl (C=O) groups excluding carboxylic acids is 1. The van der Waals surface area contributed by atoms with E-state index in [1.165, 1.54) is 17.0 Å². The second kappa shape index (κ2) is 6.53. The second-order valence-corrected chi connectivity index (χ2v) is 5.82. The van der Waals surface area contributed by atoms with E-state index in [2.05, 4.69) is 0 Å². The average molecular weight is 295 g/mol. The van der Waals surface area contributed by atoms with Crippen molar-refractivity contribution in [3.63, 3.8) is 0 Å². The number of nitrogens with zero attached hydrogens (tertiary/aromatic N) is 2. The molecular weight excluding hydrogens is 274 g/mol. The molecule has 0 unspecified atom stereocenters. The summed E-state index contributed by atoms with van der Waals surface area (Å²) >= 11 is 0. The Labute approximate surface area is 123 Å². The van der Waals surface area contributed by atoms with Gasteiger partial charge in [0, 0.05) is 31.8 Å². The van der Waals surface area contributed by atoms with E-state index >= 15 is 0 Å². The summed E-state index contributed by atoms with van der Waals surface area (Å²) in [6.45, 7) is 5.54. The minimum Gasteiger partial charge on any atom is -0.444 e. The van der Waals surface area contributed by atoms with Crippen LogP contribution in [0.1, 0.15) is 32.4 Å². The molecule has 0 aliphatic rings. The molecule has 1 aromatic carbocycles. The standard InChI is InChI=1S/C14H21N3O4/c1-14(2,3)21-13(18)16(4)9-12(15)10-6-5-7-11(8-10)17(19)20/h5-8,12H,9,15H2,1-4H3/t12-/m1/s1. The molecule has 0 radical (unpaired) electrons. The number of likely N-dealkylation sites (N-methyl/N-ethyl adjacent to an activating group) is 1. The van der Waals surface area contributed by atoms with Gasteiger partial charge in [-0.15, -0.1) is 0 Å². The molecule has 116 valence electrons. The molecule has 0 fully saturated rings. The van der Waals surface area contributed by atoms with Crippen molar-refractivity contribution in [2.75, 3.05) is 13.6 Å². The monoisotopic (exact) mass is 295 g/mol. The number of benzene rings is 1. The van der Waals surface area contributed by atoms with Crippen LogP contribution < -0.4 is 5.73 Å². The van der Waals surface area contributed by atoms with E-state index in [1.54, 1.807) is 40.0 Å². The number of non-ortho nitro benzene ring substituents is 1. The van der Waals surface area contributed by atoms with Crippen molar-refractivity contribution in [3.05, 3.63) is 39.9 Å². The molecule has 1 atom stereocenters. The van der Waals surface area contributed by atoms with Crippen molar-refractivity contribution >= 4 is 11.8 Å². The second-order valence-electron chi connectivity index (χ2n) is 5.82. The molecule has 0 saturated heterocycles. The van der Waals surface area contributed by atoms with E-state index in [-0.39, 0.29) is 12.2 Å². The highest BCUT2D eigenvalue weighted by Gasteiger charge is 2.21. The maximum absolute atomic E-state index is 11.8. The van der Waals surface area contributed by atoms with Gasteiger partial charge in [-0.3, -0.25) is 10.1 Å². The third-order valence-corrected chi connectivity index (χ3v) is 2.68. The zero-order chi connectivity index (χ0) is 16.2. The molecule has 1 rings (SSSR count). The van der Waals surface area contributed by atoms with Gasteiger partial charge in [-0.2, -0.15) is 0 Å². The summed E-state index contributed by atoms with van der Waals surface area (Å²) < 4.78 is 5.22. The molecule has 0 aliphatic carbocycles. The van der Waals surface area contributed by atoms with Crippen molar-refractivity contribution in [1.82, 2.24) is 4.90 Å². The third-order valence-electron chi connectivity index (χ3n) is 2.68. The van der Waals surface area contributed by atoms with Crippen LogP contribution in [0.25, 0.3) is 0 Å². The minimum absolute atomic E-state index is 0.0251. The molecule has 0 saturated carbocycles. The number of nitrogens with two attached hydrogens (primary N) is 1. The fourth-order valence-electron chi connectivity index (χ4n) is 1.68. The predicted molar refractivity (Wildman–Crippen MR) is 78.9 cm³/mol. The zero-order valence-electron chi connectivity index (χ0n) is 12.7. The largest absolute Gasteiger partial charge is 0.444 e. The van der Waals surface area contributed by atoms with Gasteiger partial charge >= 0.3 is 6.09 Å². The number of amides is 1. The smallest absolute Gasteiger partial charge is 0.410 e. The highest BCUT2D eigenvalue weighted by molar-refractivity contribution is 5.67. The number of ether oxygens (including phenoxy) is 1. The van der Waals surface area contributed by atoms with Crippen molar-refractivity contribution in [1.29, 1.82) is 0 Å². The fourth-order valence-corrected chi connectivity index (χ4v) is 1.68. The van der Waals surface area contributed by atoms with E-state index in [0.717, 1.165) is 0 Å². The molecule has 2 N–H and O–H groups in total. The van der Waals surface area contributed by atoms with Crippen LogP contribution in [0, 0.1) is 10.1 Å². The van der Waals surface area contributed by atoms with Gasteiger partial charge in [-0.25, -0.2) is 4.79 Å². The molecule has 0 aliphatic heterocycles. The number of hydrogen-bond acceptors (Lipinski definition) is 5. The zero-order valence-corrected chi connectivity index (χ0v) is 12.7. The van der Waals surface area contributed by atoms with Gasteiger partial charge in [0.05, 0.1) is 4.92 Å². The van der Waals surface area contributed by atoms with Crippen LogP contribution in [0.3, 0.4) is 0 Å². The predicted octanol–water partition coefficient (Wildman–Crippen LogP) is 2.46. The van der Waals surface area contributed by atoms with Gasteiger partial charge in [0.2, 0.25) is 0 Å². The highest BCUT2D eigenvalue weighted by Crippen LogP contribution is 2.19. The Hall–Kier alpha value is -2.15. The first-order chi connectivity index (χ1) is 9.60. The molecule has 1 aromatic rings. The summed E-state index contributed by atoms with van der Waals surface area (Å²) in [6.07, 6.45) is -0.483. The molecular formula is C14H21N3O4. The van der Waals surface area contributed by atoms with Gasteiger partial charge in [0.15, 0.2) is 0 Å². The van der Waals surface area contributed by atoms with Crippen LogP contribution in [0.5, 0.6) is 0 Å². The summed E-state index contributed by atoms with van der Waals surface area (Å²) in [4.78, 5) is 23.5. The molecule has 0 spiro atoms. The van der Waals surface area contributed by atoms with E-state index in [0.29, 0.717) is 5.56 Å². The Balaban J connectivity index is 2.72. The summed E-state index contributed by atoms with van der Waals surface area (Å²) in [6, 6.07) is 5.55. The Morgan fingerprint density at radius 2 is 2.10 bits per heavy atom. The normalized spacial score (nSPS) is 12.6. The lowest BCUT2D eigenvalue weighted by atomic mass is 10.1. The summed E-state index contributed by atoms with van der Waals surface area (Å²) in [5.74, 6) is 0. The van der Waals surface area contributed by atoms with Gasteiger partial charge in [0.25, 0.3) is 5.69 Å². The van der Waals surface area contributed by atoms with E-state index in [4.69, 9.17) is 10.5 Å². The molecule has 7 heteroatoms. The Morgan fingerprint density at radius 3 is 2.62 bits per heavy atom. The number of rotatable bonds is 4. The van der Waals surface area contributed by atoms with Crippen LogP contribution in [0.4, 0.5) is 10.5 Å². The molecule has 0 heterocycles. The first kappa shape index (κ1) is 16.9. The topological polar surface area (TPSA) is 98.7 Å². The SMILES string of the molecule is CN(C[C@@H](N)c1cccc([N+](=O)[O-])c1)C(=O)OC(C)(C)C. The van der Waals surface area contributed by atoms with Crippen LogP contribution in [0.2, 0.25) is 0 Å². The van der Waals surface area contributed by atoms with Gasteiger partial charge in [-0.1, -0.05) is 12.1 Å². The number of carbonyl (C=O) groups is 1. The van der Waals surface area contributed by atoms with Crippen molar-refractivity contribution < 1.29 is 14.5 Å². The Bertz CT molecular complexity index is 525. The molecule has 1 amide bonds. The number of hydrogen-bond donors (Lipinski definition) is 1. The molecule has 7 nitrogen and oxygen atoms in total. The van der Waals surface area contributed by atoms with Crippen LogP contribution in [0.15, 0.2) is 24.3 Å². The summed E-state index contributed by atoms with van der Waals surface area (Å²) in [7, 11) is 1.57. The lowest BCUT2D eigenvalue weighted by molar-refractivity contribution is -0.384. The maximum atomic E-state index is 11.8. The van der Waals surface area contributed by atoms with Crippen molar-refractivity contribution in [2.24, 2.45) is 5.73 Å². The van der Waals surface area contributed by atoms with Gasteiger partial charge < -0.3 is 15.4 Å². The maximum Gasteiger partial charge on any atom is 0.410 e. The highest BCUT2D eigenvalue weighted by atomic mass is 16.6. The summed E-state index contributed by atoms with van der Waals surface area (Å²) in [5.41, 5.74) is 5.98. The molecule has 0 bridgehead atoms. The number of nitro groups is 1. The van der Waals surface area contributed by atoms with E-state index in [9.17, 15) is 14.9 Å². The average Bonchev–Trinajstić information content (AvgIpc) is 2.36. The van der Waals surface area contributed by atoms with Gasteiger partial charge in [-0.05, 0) is 26.3 Å². The van der Waals surface area contributed by atoms with E-state index in [1.807, 2.05) is 0 Å². The number of nitro benzene ring substituents is 1. The van der Waals surface area contributed by atoms with Crippen molar-refractivity contribution in [2.45, 2.75) is 32.4 Å². The lowest BCUT2D eigenvalue weighted by Crippen LogP contribution is -2.38. The Morgan fingerprint density at radius 1 is 1.48 bits per heavy atom. The Kier molecular flexibility index (Phi) is 5.26. The van der Waals surface area contributed by atoms with Crippen LogP contribution >= 0.6 is 0 Å². The van der Waals surface area contributed by atoms with E-state index < -0.39 is 22.7 Å². The first-order valence-electron chi connectivity index (χ1n) is 6.54. The third kappa shape index (κ3) is 5.39. The van der Waals surface area contributed by atoms with Crippen molar-refractivity contribution in [3.8, 4) is 0 Å².